The zero-order chi connectivity index (χ0) is 19.4. The van der Waals surface area contributed by atoms with E-state index < -0.39 is 0 Å². The van der Waals surface area contributed by atoms with Crippen LogP contribution in [-0.2, 0) is 10.8 Å². The molecule has 0 aliphatic heterocycles. The lowest BCUT2D eigenvalue weighted by Gasteiger charge is -2.23. The van der Waals surface area contributed by atoms with Gasteiger partial charge < -0.3 is 0 Å². The zero-order valence-corrected chi connectivity index (χ0v) is 17.4. The molecule has 0 saturated heterocycles. The van der Waals surface area contributed by atoms with Gasteiger partial charge in [-0.1, -0.05) is 96.1 Å². The van der Waals surface area contributed by atoms with Crippen molar-refractivity contribution in [2.45, 2.75) is 52.4 Å². The average Bonchev–Trinajstić information content (AvgIpc) is 2.98. The largest absolute Gasteiger partial charge is 0.0622 e. The lowest BCUT2D eigenvalue weighted by Crippen LogP contribution is -2.11. The summed E-state index contributed by atoms with van der Waals surface area (Å²) in [6.07, 6.45) is 2.38. The lowest BCUT2D eigenvalue weighted by atomic mass is 9.82. The monoisotopic (exact) mass is 353 g/mol. The second kappa shape index (κ2) is 6.09. The Morgan fingerprint density at radius 2 is 1.19 bits per heavy atom. The smallest absolute Gasteiger partial charge is 0.0212 e. The first kappa shape index (κ1) is 18.0. The molecule has 0 atom stereocenters. The molecule has 1 radical (unpaired) electrons. The van der Waals surface area contributed by atoms with Crippen molar-refractivity contribution in [2.75, 3.05) is 0 Å². The fourth-order valence-corrected chi connectivity index (χ4v) is 3.90. The highest BCUT2D eigenvalue weighted by atomic mass is 14.3. The standard InChI is InChI=1S/C27H29/c1-26(2,3)21-12-13-23-19(15-21)14-20-16-22(27(4,5)6)17-24(25(20)23)18-10-8-7-9-11-18/h7-17H,1-6H3. The summed E-state index contributed by atoms with van der Waals surface area (Å²) in [6.45, 7) is 13.7. The predicted octanol–water partition coefficient (Wildman–Crippen LogP) is 7.53. The maximum absolute atomic E-state index is 2.40. The van der Waals surface area contributed by atoms with E-state index in [9.17, 15) is 0 Å². The molecule has 1 aliphatic carbocycles. The fraction of sp³-hybridized carbons (Fsp3) is 0.296. The molecule has 0 spiro atoms. The molecule has 0 aromatic heterocycles. The zero-order valence-electron chi connectivity index (χ0n) is 17.4. The highest BCUT2D eigenvalue weighted by molar-refractivity contribution is 5.93. The Bertz CT molecular complexity index is 993. The van der Waals surface area contributed by atoms with Crippen LogP contribution in [0.4, 0.5) is 0 Å². The molecule has 0 N–H and O–H groups in total. The molecule has 27 heavy (non-hydrogen) atoms. The Morgan fingerprint density at radius 3 is 1.81 bits per heavy atom. The summed E-state index contributed by atoms with van der Waals surface area (Å²) < 4.78 is 0. The summed E-state index contributed by atoms with van der Waals surface area (Å²) in [4.78, 5) is 0. The summed E-state index contributed by atoms with van der Waals surface area (Å²) in [5.41, 5.74) is 11.1. The van der Waals surface area contributed by atoms with E-state index in [4.69, 9.17) is 0 Å². The maximum Gasteiger partial charge on any atom is 0.0212 e. The third kappa shape index (κ3) is 3.23. The fourth-order valence-electron chi connectivity index (χ4n) is 3.90. The molecular formula is C27H29. The molecule has 0 nitrogen and oxygen atoms in total. The Morgan fingerprint density at radius 1 is 0.556 bits per heavy atom. The minimum Gasteiger partial charge on any atom is -0.0622 e. The number of hydrogen-bond donors (Lipinski definition) is 0. The van der Waals surface area contributed by atoms with Crippen molar-refractivity contribution in [3.05, 3.63) is 89.3 Å². The molecule has 0 saturated carbocycles. The van der Waals surface area contributed by atoms with Crippen LogP contribution in [0.2, 0.25) is 0 Å². The van der Waals surface area contributed by atoms with Gasteiger partial charge in [0.25, 0.3) is 0 Å². The molecule has 0 bridgehead atoms. The SMILES string of the molecule is CC(C)(C)c1ccc2c(c1)[CH]c1cc(C(C)(C)C)cc(-c3ccccc3)c1-2. The van der Waals surface area contributed by atoms with E-state index in [2.05, 4.69) is 109 Å². The van der Waals surface area contributed by atoms with E-state index in [1.54, 1.807) is 0 Å². The Labute approximate surface area is 164 Å². The average molecular weight is 354 g/mol. The quantitative estimate of drug-likeness (QED) is 0.332. The Kier molecular flexibility index (Phi) is 4.07. The van der Waals surface area contributed by atoms with Gasteiger partial charge in [-0.3, -0.25) is 0 Å². The van der Waals surface area contributed by atoms with E-state index in [0.29, 0.717) is 0 Å². The summed E-state index contributed by atoms with van der Waals surface area (Å²) in [5.74, 6) is 0. The first-order valence-corrected chi connectivity index (χ1v) is 9.88. The molecule has 0 heterocycles. The molecule has 4 rings (SSSR count). The highest BCUT2D eigenvalue weighted by Crippen LogP contribution is 2.47. The molecule has 0 amide bonds. The van der Waals surface area contributed by atoms with Gasteiger partial charge in [-0.2, -0.15) is 0 Å². The van der Waals surface area contributed by atoms with Crippen LogP contribution in [0.3, 0.4) is 0 Å². The number of benzene rings is 3. The van der Waals surface area contributed by atoms with Crippen molar-refractivity contribution < 1.29 is 0 Å². The van der Waals surface area contributed by atoms with Crippen LogP contribution in [-0.4, -0.2) is 0 Å². The molecule has 1 aliphatic rings. The van der Waals surface area contributed by atoms with Crippen LogP contribution in [0.15, 0.2) is 60.7 Å². The normalized spacial score (nSPS) is 13.4. The predicted molar refractivity (Wildman–Crippen MR) is 117 cm³/mol. The third-order valence-corrected chi connectivity index (χ3v) is 5.62. The second-order valence-corrected chi connectivity index (χ2v) is 9.80. The van der Waals surface area contributed by atoms with Crippen LogP contribution in [0.5, 0.6) is 0 Å². The third-order valence-electron chi connectivity index (χ3n) is 5.62. The molecule has 3 aromatic rings. The van der Waals surface area contributed by atoms with Crippen molar-refractivity contribution >= 4 is 0 Å². The Balaban J connectivity index is 1.96. The van der Waals surface area contributed by atoms with Gasteiger partial charge in [-0.15, -0.1) is 0 Å². The lowest BCUT2D eigenvalue weighted by molar-refractivity contribution is 0.590. The van der Waals surface area contributed by atoms with Crippen molar-refractivity contribution in [3.63, 3.8) is 0 Å². The van der Waals surface area contributed by atoms with Crippen LogP contribution in [0, 0.1) is 6.42 Å². The van der Waals surface area contributed by atoms with Crippen molar-refractivity contribution in [1.29, 1.82) is 0 Å². The van der Waals surface area contributed by atoms with E-state index >= 15 is 0 Å². The van der Waals surface area contributed by atoms with Gasteiger partial charge >= 0.3 is 0 Å². The van der Waals surface area contributed by atoms with Gasteiger partial charge in [0.15, 0.2) is 0 Å². The molecule has 137 valence electrons. The van der Waals surface area contributed by atoms with E-state index in [-0.39, 0.29) is 10.8 Å². The van der Waals surface area contributed by atoms with Crippen molar-refractivity contribution in [3.8, 4) is 22.3 Å². The molecular weight excluding hydrogens is 324 g/mol. The van der Waals surface area contributed by atoms with E-state index in [0.717, 1.165) is 0 Å². The van der Waals surface area contributed by atoms with Gasteiger partial charge in [0.2, 0.25) is 0 Å². The van der Waals surface area contributed by atoms with E-state index in [1.165, 1.54) is 44.5 Å². The van der Waals surface area contributed by atoms with Crippen LogP contribution in [0.1, 0.15) is 63.8 Å². The van der Waals surface area contributed by atoms with Gasteiger partial charge in [-0.05, 0) is 61.4 Å². The minimum absolute atomic E-state index is 0.123. The van der Waals surface area contributed by atoms with Gasteiger partial charge in [0.05, 0.1) is 0 Å². The molecule has 0 unspecified atom stereocenters. The Hall–Kier alpha value is -2.34. The molecule has 3 aromatic carbocycles. The molecule has 0 heteroatoms. The van der Waals surface area contributed by atoms with E-state index in [1.807, 2.05) is 0 Å². The first-order valence-electron chi connectivity index (χ1n) is 9.88. The number of fused-ring (bicyclic) bond motifs is 3. The van der Waals surface area contributed by atoms with Crippen LogP contribution >= 0.6 is 0 Å². The molecule has 0 fully saturated rings. The van der Waals surface area contributed by atoms with Crippen LogP contribution in [0.25, 0.3) is 22.3 Å². The van der Waals surface area contributed by atoms with Crippen molar-refractivity contribution in [1.82, 2.24) is 0 Å². The summed E-state index contributed by atoms with van der Waals surface area (Å²) in [5, 5.41) is 0. The highest BCUT2D eigenvalue weighted by Gasteiger charge is 2.27. The van der Waals surface area contributed by atoms with Crippen molar-refractivity contribution in [2.24, 2.45) is 0 Å². The topological polar surface area (TPSA) is 0 Å². The maximum atomic E-state index is 2.40. The summed E-state index contributed by atoms with van der Waals surface area (Å²) >= 11 is 0. The first-order chi connectivity index (χ1) is 12.6. The minimum atomic E-state index is 0.123. The number of rotatable bonds is 1. The van der Waals surface area contributed by atoms with Crippen LogP contribution < -0.4 is 0 Å². The van der Waals surface area contributed by atoms with Gasteiger partial charge in [0, 0.05) is 6.42 Å². The summed E-state index contributed by atoms with van der Waals surface area (Å²) in [7, 11) is 0. The van der Waals surface area contributed by atoms with Gasteiger partial charge in [0.1, 0.15) is 0 Å². The van der Waals surface area contributed by atoms with Gasteiger partial charge in [-0.25, -0.2) is 0 Å². The number of hydrogen-bond acceptors (Lipinski definition) is 0. The summed E-state index contributed by atoms with van der Waals surface area (Å²) in [6, 6.07) is 22.6. The second-order valence-electron chi connectivity index (χ2n) is 9.80.